The van der Waals surface area contributed by atoms with E-state index in [0.717, 1.165) is 53.3 Å². The van der Waals surface area contributed by atoms with Crippen LogP contribution in [-0.4, -0.2) is 32.7 Å². The van der Waals surface area contributed by atoms with E-state index < -0.39 is 6.04 Å². The summed E-state index contributed by atoms with van der Waals surface area (Å²) >= 11 is 0. The molecule has 2 aromatic carbocycles. The minimum Gasteiger partial charge on any atom is -0.361 e. The van der Waals surface area contributed by atoms with Crippen LogP contribution in [0.3, 0.4) is 0 Å². The zero-order chi connectivity index (χ0) is 24.7. The van der Waals surface area contributed by atoms with Gasteiger partial charge in [0.25, 0.3) is 0 Å². The molecule has 184 valence electrons. The fourth-order valence-electron chi connectivity index (χ4n) is 5.19. The van der Waals surface area contributed by atoms with Crippen LogP contribution in [0.25, 0.3) is 10.9 Å². The molecule has 1 saturated carbocycles. The van der Waals surface area contributed by atoms with Gasteiger partial charge in [-0.2, -0.15) is 0 Å². The molecule has 6 nitrogen and oxygen atoms in total. The number of aromatic nitrogens is 2. The number of nitrogens with zero attached hydrogens (tertiary/aromatic N) is 2. The molecule has 2 aromatic heterocycles. The first-order valence-corrected chi connectivity index (χ1v) is 12.8. The topological polar surface area (TPSA) is 78.1 Å². The van der Waals surface area contributed by atoms with Gasteiger partial charge in [0.15, 0.2) is 0 Å². The Morgan fingerprint density at radius 2 is 1.75 bits per heavy atom. The van der Waals surface area contributed by atoms with Crippen molar-refractivity contribution < 1.29 is 9.59 Å². The number of pyridine rings is 1. The number of aromatic amines is 1. The summed E-state index contributed by atoms with van der Waals surface area (Å²) in [4.78, 5) is 37.0. The molecule has 1 aliphatic carbocycles. The number of nitrogens with one attached hydrogen (secondary N) is 2. The molecule has 1 aliphatic rings. The van der Waals surface area contributed by atoms with Crippen molar-refractivity contribution in [3.8, 4) is 0 Å². The summed E-state index contributed by atoms with van der Waals surface area (Å²) in [5.74, 6) is -0.222. The number of fused-ring (bicyclic) bond motifs is 1. The molecule has 0 bridgehead atoms. The monoisotopic (exact) mass is 480 g/mol. The first kappa shape index (κ1) is 23.8. The molecule has 1 fully saturated rings. The number of amides is 2. The van der Waals surface area contributed by atoms with Gasteiger partial charge in [-0.3, -0.25) is 14.6 Å². The molecule has 0 aliphatic heterocycles. The van der Waals surface area contributed by atoms with Gasteiger partial charge in [0.2, 0.25) is 11.8 Å². The van der Waals surface area contributed by atoms with Crippen molar-refractivity contribution in [2.75, 3.05) is 0 Å². The molecular weight excluding hydrogens is 448 g/mol. The zero-order valence-corrected chi connectivity index (χ0v) is 20.4. The van der Waals surface area contributed by atoms with E-state index in [9.17, 15) is 9.59 Å². The van der Waals surface area contributed by atoms with Crippen LogP contribution < -0.4 is 5.32 Å². The molecule has 1 atom stereocenters. The number of hydrogen-bond donors (Lipinski definition) is 2. The first-order valence-electron chi connectivity index (χ1n) is 12.8. The van der Waals surface area contributed by atoms with E-state index in [1.807, 2.05) is 72.9 Å². The SMILES string of the molecule is O=C(NC1CCCCC1)C(c1ccccc1)N(Cc1cccnc1)C(=O)Cc1c[nH]c2ccccc12. The molecule has 0 radical (unpaired) electrons. The molecule has 36 heavy (non-hydrogen) atoms. The first-order chi connectivity index (χ1) is 17.7. The second kappa shape index (κ2) is 11.2. The van der Waals surface area contributed by atoms with Gasteiger partial charge < -0.3 is 15.2 Å². The van der Waals surface area contributed by atoms with Crippen LogP contribution in [0, 0.1) is 0 Å². The Hall–Kier alpha value is -3.93. The highest BCUT2D eigenvalue weighted by atomic mass is 16.2. The fourth-order valence-corrected chi connectivity index (χ4v) is 5.19. The molecule has 5 rings (SSSR count). The Kier molecular flexibility index (Phi) is 7.41. The van der Waals surface area contributed by atoms with Crippen molar-refractivity contribution in [3.63, 3.8) is 0 Å². The fraction of sp³-hybridized carbons (Fsp3) is 0.300. The lowest BCUT2D eigenvalue weighted by molar-refractivity contribution is -0.141. The van der Waals surface area contributed by atoms with Crippen molar-refractivity contribution in [2.45, 2.75) is 57.2 Å². The lowest BCUT2D eigenvalue weighted by atomic mass is 9.94. The van der Waals surface area contributed by atoms with E-state index in [0.29, 0.717) is 6.54 Å². The van der Waals surface area contributed by atoms with Crippen LogP contribution in [0.15, 0.2) is 85.3 Å². The molecular formula is C30H32N4O2. The number of carbonyl (C=O) groups excluding carboxylic acids is 2. The van der Waals surface area contributed by atoms with Gasteiger partial charge in [-0.25, -0.2) is 0 Å². The average molecular weight is 481 g/mol. The summed E-state index contributed by atoms with van der Waals surface area (Å²) in [6, 6.07) is 20.8. The van der Waals surface area contributed by atoms with Crippen LogP contribution in [0.4, 0.5) is 0 Å². The van der Waals surface area contributed by atoms with Crippen molar-refractivity contribution >= 4 is 22.7 Å². The van der Waals surface area contributed by atoms with Gasteiger partial charge >= 0.3 is 0 Å². The van der Waals surface area contributed by atoms with Crippen molar-refractivity contribution in [3.05, 3.63) is 102 Å². The van der Waals surface area contributed by atoms with Crippen molar-refractivity contribution in [1.29, 1.82) is 0 Å². The normalized spacial score (nSPS) is 14.9. The minimum absolute atomic E-state index is 0.101. The molecule has 2 N–H and O–H groups in total. The summed E-state index contributed by atoms with van der Waals surface area (Å²) in [5.41, 5.74) is 3.61. The van der Waals surface area contributed by atoms with E-state index in [1.54, 1.807) is 17.3 Å². The standard InChI is InChI=1S/C30H32N4O2/c35-28(18-24-20-32-27-16-8-7-15-26(24)27)34(21-22-10-9-17-31-19-22)29(23-11-3-1-4-12-23)30(36)33-25-13-5-2-6-14-25/h1,3-4,7-12,15-17,19-20,25,29,32H,2,5-6,13-14,18,21H2,(H,33,36). The Balaban J connectivity index is 1.49. The summed E-state index contributed by atoms with van der Waals surface area (Å²) < 4.78 is 0. The van der Waals surface area contributed by atoms with E-state index >= 15 is 0 Å². The van der Waals surface area contributed by atoms with Gasteiger partial charge in [0, 0.05) is 42.1 Å². The lowest BCUT2D eigenvalue weighted by Gasteiger charge is -2.33. The maximum atomic E-state index is 14.0. The van der Waals surface area contributed by atoms with E-state index in [4.69, 9.17) is 0 Å². The van der Waals surface area contributed by atoms with Gasteiger partial charge in [0.05, 0.1) is 6.42 Å². The number of benzene rings is 2. The third-order valence-electron chi connectivity index (χ3n) is 7.04. The highest BCUT2D eigenvalue weighted by Gasteiger charge is 2.33. The number of carbonyl (C=O) groups is 2. The summed E-state index contributed by atoms with van der Waals surface area (Å²) in [6.07, 6.45) is 11.0. The molecule has 6 heteroatoms. The molecule has 0 saturated heterocycles. The van der Waals surface area contributed by atoms with E-state index in [1.165, 1.54) is 6.42 Å². The van der Waals surface area contributed by atoms with Crippen LogP contribution in [0.5, 0.6) is 0 Å². The predicted octanol–water partition coefficient (Wildman–Crippen LogP) is 5.32. The Labute approximate surface area is 211 Å². The molecule has 1 unspecified atom stereocenters. The van der Waals surface area contributed by atoms with Gasteiger partial charge in [-0.15, -0.1) is 0 Å². The van der Waals surface area contributed by atoms with Gasteiger partial charge in [0.1, 0.15) is 6.04 Å². The molecule has 2 amide bonds. The van der Waals surface area contributed by atoms with E-state index in [-0.39, 0.29) is 24.3 Å². The number of hydrogen-bond acceptors (Lipinski definition) is 3. The minimum atomic E-state index is -0.731. The molecule has 4 aromatic rings. The summed E-state index contributed by atoms with van der Waals surface area (Å²) in [6.45, 7) is 0.298. The lowest BCUT2D eigenvalue weighted by Crippen LogP contribution is -2.47. The van der Waals surface area contributed by atoms with Gasteiger partial charge in [-0.1, -0.05) is 73.9 Å². The smallest absolute Gasteiger partial charge is 0.247 e. The van der Waals surface area contributed by atoms with Crippen molar-refractivity contribution in [2.24, 2.45) is 0 Å². The number of para-hydroxylation sites is 1. The molecule has 2 heterocycles. The largest absolute Gasteiger partial charge is 0.361 e. The zero-order valence-electron chi connectivity index (χ0n) is 20.4. The Morgan fingerprint density at radius 3 is 2.53 bits per heavy atom. The average Bonchev–Trinajstić information content (AvgIpc) is 3.33. The van der Waals surface area contributed by atoms with Crippen LogP contribution in [-0.2, 0) is 22.6 Å². The third-order valence-corrected chi connectivity index (χ3v) is 7.04. The third kappa shape index (κ3) is 5.48. The van der Waals surface area contributed by atoms with Crippen molar-refractivity contribution in [1.82, 2.24) is 20.2 Å². The predicted molar refractivity (Wildman–Crippen MR) is 141 cm³/mol. The highest BCUT2D eigenvalue weighted by molar-refractivity contribution is 5.92. The Morgan fingerprint density at radius 1 is 0.972 bits per heavy atom. The maximum Gasteiger partial charge on any atom is 0.247 e. The number of rotatable bonds is 8. The van der Waals surface area contributed by atoms with Crippen LogP contribution >= 0.6 is 0 Å². The number of H-pyrrole nitrogens is 1. The van der Waals surface area contributed by atoms with Crippen LogP contribution in [0.1, 0.15) is 54.8 Å². The second-order valence-electron chi connectivity index (χ2n) is 9.58. The Bertz CT molecular complexity index is 1300. The van der Waals surface area contributed by atoms with Crippen LogP contribution in [0.2, 0.25) is 0 Å². The maximum absolute atomic E-state index is 14.0. The second-order valence-corrected chi connectivity index (χ2v) is 9.58. The highest BCUT2D eigenvalue weighted by Crippen LogP contribution is 2.27. The van der Waals surface area contributed by atoms with E-state index in [2.05, 4.69) is 15.3 Å². The summed E-state index contributed by atoms with van der Waals surface area (Å²) in [5, 5.41) is 4.30. The quantitative estimate of drug-likeness (QED) is 0.358. The molecule has 0 spiro atoms. The summed E-state index contributed by atoms with van der Waals surface area (Å²) in [7, 11) is 0. The van der Waals surface area contributed by atoms with Gasteiger partial charge in [-0.05, 0) is 41.7 Å².